The number of carbonyl (C=O) groups excluding carboxylic acids is 1. The lowest BCUT2D eigenvalue weighted by Crippen LogP contribution is -1.89. The van der Waals surface area contributed by atoms with Gasteiger partial charge in [-0.15, -0.1) is 0 Å². The van der Waals surface area contributed by atoms with Crippen LogP contribution in [0.1, 0.15) is 13.3 Å². The summed E-state index contributed by atoms with van der Waals surface area (Å²) in [6.07, 6.45) is 0.170. The molecule has 1 nitrogen and oxygen atoms in total. The Hall–Kier alpha value is 0.250. The van der Waals surface area contributed by atoms with Crippen LogP contribution in [0.15, 0.2) is 0 Å². The van der Waals surface area contributed by atoms with Crippen LogP contribution < -0.4 is 0 Å². The summed E-state index contributed by atoms with van der Waals surface area (Å²) < 4.78 is 0. The lowest BCUT2D eigenvalue weighted by molar-refractivity contribution is -0.116. The molecule has 3 heteroatoms. The third-order valence-electron chi connectivity index (χ3n) is 0.383. The van der Waals surface area contributed by atoms with Gasteiger partial charge in [-0.3, -0.25) is 4.79 Å². The zero-order valence-electron chi connectivity index (χ0n) is 3.87. The monoisotopic (exact) mass is 139 g/mol. The van der Waals surface area contributed by atoms with Crippen molar-refractivity contribution in [3.8, 4) is 0 Å². The second-order valence-electron chi connectivity index (χ2n) is 1.22. The van der Waals surface area contributed by atoms with Crippen LogP contribution in [0, 0.1) is 4.84 Å². The Kier molecular flexibility index (Phi) is 3.39. The van der Waals surface area contributed by atoms with E-state index in [4.69, 9.17) is 23.2 Å². The zero-order valence-corrected chi connectivity index (χ0v) is 5.38. The Morgan fingerprint density at radius 2 is 2.00 bits per heavy atom. The van der Waals surface area contributed by atoms with E-state index in [-0.39, 0.29) is 17.0 Å². The Bertz CT molecular complexity index is 70.1. The molecule has 0 atom stereocenters. The van der Waals surface area contributed by atoms with Crippen molar-refractivity contribution in [1.29, 1.82) is 0 Å². The van der Waals surface area contributed by atoms with Crippen molar-refractivity contribution < 1.29 is 4.79 Å². The summed E-state index contributed by atoms with van der Waals surface area (Å²) in [6, 6.07) is 0. The van der Waals surface area contributed by atoms with Gasteiger partial charge in [-0.2, -0.15) is 0 Å². The van der Waals surface area contributed by atoms with Gasteiger partial charge in [0, 0.05) is 6.42 Å². The highest BCUT2D eigenvalue weighted by Gasteiger charge is 2.01. The van der Waals surface area contributed by atoms with Gasteiger partial charge in [0.1, 0.15) is 5.78 Å². The summed E-state index contributed by atoms with van der Waals surface area (Å²) in [5, 5.41) is 0. The molecule has 0 amide bonds. The van der Waals surface area contributed by atoms with Crippen molar-refractivity contribution >= 4 is 29.0 Å². The van der Waals surface area contributed by atoms with Crippen molar-refractivity contribution in [2.24, 2.45) is 0 Å². The van der Waals surface area contributed by atoms with E-state index in [0.717, 1.165) is 0 Å². The van der Waals surface area contributed by atoms with E-state index in [9.17, 15) is 4.79 Å². The Morgan fingerprint density at radius 3 is 2.00 bits per heavy atom. The second kappa shape index (κ2) is 3.28. The van der Waals surface area contributed by atoms with Crippen molar-refractivity contribution in [1.82, 2.24) is 0 Å². The first-order valence-corrected chi connectivity index (χ1v) is 2.55. The fraction of sp³-hybridized carbons (Fsp3) is 0.500. The number of rotatable bonds is 2. The molecule has 0 aromatic heterocycles. The highest BCUT2D eigenvalue weighted by Crippen LogP contribution is 2.15. The molecule has 0 saturated carbocycles. The number of carbonyl (C=O) groups is 1. The molecule has 0 aliphatic heterocycles. The normalized spacial score (nSPS) is 9.71. The quantitative estimate of drug-likeness (QED) is 0.572. The smallest absolute Gasteiger partial charge is 0.158 e. The fourth-order valence-electron chi connectivity index (χ4n) is 0.188. The third-order valence-corrected chi connectivity index (χ3v) is 0.650. The molecule has 0 N–H and O–H groups in total. The molecular formula is C4H5Cl2O. The minimum atomic E-state index is -0.0139. The van der Waals surface area contributed by atoms with Crippen molar-refractivity contribution in [3.05, 3.63) is 4.84 Å². The van der Waals surface area contributed by atoms with Crippen LogP contribution in [0.2, 0.25) is 0 Å². The lowest BCUT2D eigenvalue weighted by Gasteiger charge is -1.89. The molecule has 0 aromatic carbocycles. The maximum atomic E-state index is 10.1. The summed E-state index contributed by atoms with van der Waals surface area (Å²) in [4.78, 5) is 10.2. The molecule has 1 radical (unpaired) electrons. The van der Waals surface area contributed by atoms with E-state index >= 15 is 0 Å². The molecule has 0 bridgehead atoms. The van der Waals surface area contributed by atoms with E-state index in [0.29, 0.717) is 0 Å². The molecule has 41 valence electrons. The topological polar surface area (TPSA) is 17.1 Å². The maximum Gasteiger partial charge on any atom is 0.158 e. The van der Waals surface area contributed by atoms with E-state index < -0.39 is 0 Å². The Balaban J connectivity index is 3.13. The summed E-state index contributed by atoms with van der Waals surface area (Å²) in [7, 11) is 0. The average Bonchev–Trinajstić information content (AvgIpc) is 1.27. The van der Waals surface area contributed by atoms with Crippen LogP contribution in [0.4, 0.5) is 0 Å². The largest absolute Gasteiger partial charge is 0.300 e. The van der Waals surface area contributed by atoms with Gasteiger partial charge in [0.15, 0.2) is 4.84 Å². The summed E-state index contributed by atoms with van der Waals surface area (Å²) in [6.45, 7) is 1.44. The molecular weight excluding hydrogens is 135 g/mol. The third kappa shape index (κ3) is 6.25. The first kappa shape index (κ1) is 7.25. The molecule has 0 saturated heterocycles. The SMILES string of the molecule is CC(=O)C[C](Cl)Cl. The van der Waals surface area contributed by atoms with Gasteiger partial charge in [-0.25, -0.2) is 0 Å². The van der Waals surface area contributed by atoms with Gasteiger partial charge < -0.3 is 0 Å². The molecule has 0 aliphatic carbocycles. The second-order valence-corrected chi connectivity index (χ2v) is 2.32. The van der Waals surface area contributed by atoms with E-state index in [2.05, 4.69) is 0 Å². The van der Waals surface area contributed by atoms with E-state index in [1.54, 1.807) is 0 Å². The van der Waals surface area contributed by atoms with Crippen LogP contribution in [-0.2, 0) is 4.79 Å². The van der Waals surface area contributed by atoms with Crippen LogP contribution >= 0.6 is 23.2 Å². The lowest BCUT2D eigenvalue weighted by atomic mass is 10.4. The van der Waals surface area contributed by atoms with Gasteiger partial charge in [0.2, 0.25) is 0 Å². The Labute approximate surface area is 52.6 Å². The number of hydrogen-bond donors (Lipinski definition) is 0. The van der Waals surface area contributed by atoms with E-state index in [1.165, 1.54) is 6.92 Å². The Morgan fingerprint density at radius 1 is 1.57 bits per heavy atom. The number of Topliss-reactive ketones (excluding diaryl/α,β-unsaturated/α-hetero) is 1. The van der Waals surface area contributed by atoms with Crippen LogP contribution in [-0.4, -0.2) is 5.78 Å². The molecule has 0 rings (SSSR count). The first-order valence-electron chi connectivity index (χ1n) is 1.79. The highest BCUT2D eigenvalue weighted by atomic mass is 35.5. The number of halogens is 2. The van der Waals surface area contributed by atoms with Gasteiger partial charge in [0.25, 0.3) is 0 Å². The van der Waals surface area contributed by atoms with Crippen molar-refractivity contribution in [2.75, 3.05) is 0 Å². The molecule has 0 unspecified atom stereocenters. The standard InChI is InChI=1S/C4H5Cl2O/c1-3(7)2-4(5)6/h2H2,1H3. The summed E-state index contributed by atoms with van der Waals surface area (Å²) in [5.74, 6) is -0.0139. The van der Waals surface area contributed by atoms with Crippen LogP contribution in [0.3, 0.4) is 0 Å². The molecule has 0 fully saturated rings. The molecule has 0 heterocycles. The highest BCUT2D eigenvalue weighted by molar-refractivity contribution is 6.53. The number of hydrogen-bond acceptors (Lipinski definition) is 1. The molecule has 7 heavy (non-hydrogen) atoms. The van der Waals surface area contributed by atoms with Crippen LogP contribution in [0.5, 0.6) is 0 Å². The fourth-order valence-corrected chi connectivity index (χ4v) is 0.565. The number of ketones is 1. The van der Waals surface area contributed by atoms with Gasteiger partial charge in [-0.05, 0) is 6.92 Å². The van der Waals surface area contributed by atoms with Gasteiger partial charge in [0.05, 0.1) is 0 Å². The first-order chi connectivity index (χ1) is 3.13. The van der Waals surface area contributed by atoms with Crippen molar-refractivity contribution in [2.45, 2.75) is 13.3 Å². The average molecular weight is 140 g/mol. The zero-order chi connectivity index (χ0) is 5.86. The van der Waals surface area contributed by atoms with E-state index in [1.807, 2.05) is 0 Å². The molecule has 0 aromatic rings. The minimum absolute atomic E-state index is 0.0139. The predicted octanol–water partition coefficient (Wildman–Crippen LogP) is 1.93. The molecule has 0 aliphatic rings. The molecule has 0 spiro atoms. The maximum absolute atomic E-state index is 10.1. The van der Waals surface area contributed by atoms with Crippen molar-refractivity contribution in [3.63, 3.8) is 0 Å². The summed E-state index contributed by atoms with van der Waals surface area (Å²) in [5.41, 5.74) is 0. The van der Waals surface area contributed by atoms with Gasteiger partial charge >= 0.3 is 0 Å². The predicted molar refractivity (Wildman–Crippen MR) is 30.2 cm³/mol. The minimum Gasteiger partial charge on any atom is -0.300 e. The summed E-state index contributed by atoms with van der Waals surface area (Å²) >= 11 is 10.3. The van der Waals surface area contributed by atoms with Crippen LogP contribution in [0.25, 0.3) is 0 Å². The van der Waals surface area contributed by atoms with Gasteiger partial charge in [-0.1, -0.05) is 23.2 Å².